The molecule has 2 aromatic rings. The largest absolute Gasteiger partial charge is 0.439 e. The lowest BCUT2D eigenvalue weighted by molar-refractivity contribution is 0.460. The minimum Gasteiger partial charge on any atom is -0.439 e. The summed E-state index contributed by atoms with van der Waals surface area (Å²) in [7, 11) is -3.26. The van der Waals surface area contributed by atoms with Crippen molar-refractivity contribution in [3.05, 3.63) is 48.2 Å². The number of nitrogens with two attached hydrogens (primary N) is 1. The van der Waals surface area contributed by atoms with E-state index in [4.69, 9.17) is 10.5 Å². The number of nitrogens with zero attached hydrogens (tertiary/aromatic N) is 1. The van der Waals surface area contributed by atoms with E-state index in [1.54, 1.807) is 24.4 Å². The molecule has 106 valence electrons. The molecule has 2 rings (SSSR count). The SMILES string of the molecule is C[C@H](N)c1ccnc(Oc2cccc(S(C)(=O)=O)c2)c1. The normalized spacial score (nSPS) is 12.9. The van der Waals surface area contributed by atoms with Gasteiger partial charge in [-0.25, -0.2) is 13.4 Å². The van der Waals surface area contributed by atoms with Crippen LogP contribution in [0.4, 0.5) is 0 Å². The van der Waals surface area contributed by atoms with Crippen molar-refractivity contribution in [2.45, 2.75) is 17.9 Å². The third-order valence-electron chi connectivity index (χ3n) is 2.74. The number of sulfone groups is 1. The van der Waals surface area contributed by atoms with E-state index in [0.29, 0.717) is 11.6 Å². The van der Waals surface area contributed by atoms with E-state index in [1.165, 1.54) is 12.1 Å². The summed E-state index contributed by atoms with van der Waals surface area (Å²) in [6.07, 6.45) is 2.76. The summed E-state index contributed by atoms with van der Waals surface area (Å²) in [6, 6.07) is 9.71. The van der Waals surface area contributed by atoms with Crippen LogP contribution in [0.1, 0.15) is 18.5 Å². The molecule has 0 saturated heterocycles. The zero-order valence-electron chi connectivity index (χ0n) is 11.3. The lowest BCUT2D eigenvalue weighted by Crippen LogP contribution is -2.05. The van der Waals surface area contributed by atoms with Crippen LogP contribution in [-0.4, -0.2) is 19.7 Å². The van der Waals surface area contributed by atoms with Crippen molar-refractivity contribution < 1.29 is 13.2 Å². The molecule has 0 spiro atoms. The van der Waals surface area contributed by atoms with Gasteiger partial charge in [0.2, 0.25) is 5.88 Å². The first-order chi connectivity index (χ1) is 9.36. The van der Waals surface area contributed by atoms with Crippen LogP contribution >= 0.6 is 0 Å². The van der Waals surface area contributed by atoms with Crippen molar-refractivity contribution in [2.24, 2.45) is 5.73 Å². The summed E-state index contributed by atoms with van der Waals surface area (Å²) >= 11 is 0. The van der Waals surface area contributed by atoms with Crippen molar-refractivity contribution in [1.82, 2.24) is 4.98 Å². The molecule has 1 aromatic heterocycles. The van der Waals surface area contributed by atoms with E-state index in [0.717, 1.165) is 11.8 Å². The van der Waals surface area contributed by atoms with Crippen LogP contribution < -0.4 is 10.5 Å². The second kappa shape index (κ2) is 5.60. The van der Waals surface area contributed by atoms with Gasteiger partial charge in [0, 0.05) is 24.6 Å². The minimum atomic E-state index is -3.26. The standard InChI is InChI=1S/C14H16N2O3S/c1-10(15)11-6-7-16-14(8-11)19-12-4-3-5-13(9-12)20(2,17)18/h3-10H,15H2,1-2H3/t10-/m0/s1. The fourth-order valence-corrected chi connectivity index (χ4v) is 2.31. The predicted molar refractivity (Wildman–Crippen MR) is 76.5 cm³/mol. The van der Waals surface area contributed by atoms with Gasteiger partial charge >= 0.3 is 0 Å². The number of pyridine rings is 1. The van der Waals surface area contributed by atoms with Gasteiger partial charge in [-0.15, -0.1) is 0 Å². The van der Waals surface area contributed by atoms with Gasteiger partial charge in [-0.1, -0.05) is 6.07 Å². The maximum Gasteiger partial charge on any atom is 0.219 e. The topological polar surface area (TPSA) is 82.3 Å². The number of aromatic nitrogens is 1. The Labute approximate surface area is 118 Å². The van der Waals surface area contributed by atoms with E-state index in [-0.39, 0.29) is 10.9 Å². The van der Waals surface area contributed by atoms with Crippen molar-refractivity contribution in [2.75, 3.05) is 6.26 Å². The molecule has 0 radical (unpaired) electrons. The fraction of sp³-hybridized carbons (Fsp3) is 0.214. The van der Waals surface area contributed by atoms with Crippen molar-refractivity contribution in [3.63, 3.8) is 0 Å². The summed E-state index contributed by atoms with van der Waals surface area (Å²) < 4.78 is 28.6. The van der Waals surface area contributed by atoms with Gasteiger partial charge in [0.25, 0.3) is 0 Å². The van der Waals surface area contributed by atoms with Gasteiger partial charge in [0.05, 0.1) is 4.90 Å². The second-order valence-corrected chi connectivity index (χ2v) is 6.58. The van der Waals surface area contributed by atoms with Crippen molar-refractivity contribution in [3.8, 4) is 11.6 Å². The monoisotopic (exact) mass is 292 g/mol. The first-order valence-electron chi connectivity index (χ1n) is 6.06. The average molecular weight is 292 g/mol. The van der Waals surface area contributed by atoms with Gasteiger partial charge in [-0.05, 0) is 36.8 Å². The number of hydrogen-bond donors (Lipinski definition) is 1. The molecule has 1 atom stereocenters. The Bertz CT molecular complexity index is 712. The van der Waals surface area contributed by atoms with E-state index in [2.05, 4.69) is 4.98 Å². The Hall–Kier alpha value is -1.92. The zero-order valence-corrected chi connectivity index (χ0v) is 12.1. The van der Waals surface area contributed by atoms with Gasteiger partial charge in [-0.2, -0.15) is 0 Å². The Morgan fingerprint density at radius 3 is 2.65 bits per heavy atom. The van der Waals surface area contributed by atoms with Gasteiger partial charge in [0.1, 0.15) is 5.75 Å². The highest BCUT2D eigenvalue weighted by Gasteiger charge is 2.09. The molecule has 0 aliphatic heterocycles. The Balaban J connectivity index is 2.29. The second-order valence-electron chi connectivity index (χ2n) is 4.57. The lowest BCUT2D eigenvalue weighted by Gasteiger charge is -2.09. The summed E-state index contributed by atoms with van der Waals surface area (Å²) in [4.78, 5) is 4.29. The summed E-state index contributed by atoms with van der Waals surface area (Å²) in [5.41, 5.74) is 6.69. The maximum atomic E-state index is 11.5. The molecule has 0 amide bonds. The molecule has 2 N–H and O–H groups in total. The maximum absolute atomic E-state index is 11.5. The van der Waals surface area contributed by atoms with E-state index in [1.807, 2.05) is 13.0 Å². The fourth-order valence-electron chi connectivity index (χ4n) is 1.65. The molecule has 0 saturated carbocycles. The quantitative estimate of drug-likeness (QED) is 0.935. The van der Waals surface area contributed by atoms with Crippen LogP contribution in [0, 0.1) is 0 Å². The Morgan fingerprint density at radius 1 is 1.25 bits per heavy atom. The van der Waals surface area contributed by atoms with E-state index < -0.39 is 9.84 Å². The molecule has 0 aliphatic rings. The lowest BCUT2D eigenvalue weighted by atomic mass is 10.1. The van der Waals surface area contributed by atoms with Gasteiger partial charge in [-0.3, -0.25) is 0 Å². The molecular weight excluding hydrogens is 276 g/mol. The number of ether oxygens (including phenoxy) is 1. The first kappa shape index (κ1) is 14.5. The summed E-state index contributed by atoms with van der Waals surface area (Å²) in [5.74, 6) is 0.799. The molecule has 0 aliphatic carbocycles. The van der Waals surface area contributed by atoms with Crippen LogP contribution in [0.5, 0.6) is 11.6 Å². The highest BCUT2D eigenvalue weighted by atomic mass is 32.2. The minimum absolute atomic E-state index is 0.122. The van der Waals surface area contributed by atoms with Crippen LogP contribution in [-0.2, 0) is 9.84 Å². The van der Waals surface area contributed by atoms with Crippen molar-refractivity contribution in [1.29, 1.82) is 0 Å². The Morgan fingerprint density at radius 2 is 2.00 bits per heavy atom. The molecule has 0 fully saturated rings. The van der Waals surface area contributed by atoms with E-state index >= 15 is 0 Å². The Kier molecular flexibility index (Phi) is 4.06. The number of hydrogen-bond acceptors (Lipinski definition) is 5. The van der Waals surface area contributed by atoms with Crippen LogP contribution in [0.25, 0.3) is 0 Å². The third-order valence-corrected chi connectivity index (χ3v) is 3.85. The predicted octanol–water partition coefficient (Wildman–Crippen LogP) is 2.30. The van der Waals surface area contributed by atoms with E-state index in [9.17, 15) is 8.42 Å². The molecular formula is C14H16N2O3S. The molecule has 20 heavy (non-hydrogen) atoms. The molecule has 1 heterocycles. The van der Waals surface area contributed by atoms with Gasteiger partial charge < -0.3 is 10.5 Å². The number of rotatable bonds is 4. The zero-order chi connectivity index (χ0) is 14.8. The van der Waals surface area contributed by atoms with Crippen LogP contribution in [0.15, 0.2) is 47.5 Å². The molecule has 5 nitrogen and oxygen atoms in total. The smallest absolute Gasteiger partial charge is 0.219 e. The first-order valence-corrected chi connectivity index (χ1v) is 7.95. The van der Waals surface area contributed by atoms with Crippen LogP contribution in [0.2, 0.25) is 0 Å². The molecule has 6 heteroatoms. The molecule has 1 aromatic carbocycles. The highest BCUT2D eigenvalue weighted by Crippen LogP contribution is 2.24. The van der Waals surface area contributed by atoms with Crippen molar-refractivity contribution >= 4 is 9.84 Å². The summed E-state index contributed by atoms with van der Waals surface area (Å²) in [6.45, 7) is 1.86. The highest BCUT2D eigenvalue weighted by molar-refractivity contribution is 7.90. The summed E-state index contributed by atoms with van der Waals surface area (Å²) in [5, 5.41) is 0. The third kappa shape index (κ3) is 3.55. The van der Waals surface area contributed by atoms with Gasteiger partial charge in [0.15, 0.2) is 9.84 Å². The molecule has 0 bridgehead atoms. The number of benzene rings is 1. The average Bonchev–Trinajstić information content (AvgIpc) is 2.38. The van der Waals surface area contributed by atoms with Crippen LogP contribution in [0.3, 0.4) is 0 Å². The molecule has 0 unspecified atom stereocenters.